The highest BCUT2D eigenvalue weighted by molar-refractivity contribution is 5.94. The number of carbonyl (C=O) groups is 2. The lowest BCUT2D eigenvalue weighted by Gasteiger charge is -2.08. The van der Waals surface area contributed by atoms with Gasteiger partial charge in [-0.05, 0) is 48.9 Å². The predicted molar refractivity (Wildman–Crippen MR) is 81.0 cm³/mol. The number of pyridine rings is 1. The largest absolute Gasteiger partial charge is 0.376 e. The Morgan fingerprint density at radius 2 is 1.71 bits per heavy atom. The van der Waals surface area contributed by atoms with E-state index in [-0.39, 0.29) is 18.2 Å². The van der Waals surface area contributed by atoms with E-state index in [1.165, 1.54) is 6.92 Å². The van der Waals surface area contributed by atoms with E-state index in [0.717, 1.165) is 11.3 Å². The van der Waals surface area contributed by atoms with Crippen LogP contribution in [0.3, 0.4) is 0 Å². The Morgan fingerprint density at radius 1 is 1.05 bits per heavy atom. The summed E-state index contributed by atoms with van der Waals surface area (Å²) in [4.78, 5) is 26.8. The second-order valence-electron chi connectivity index (χ2n) is 4.62. The molecule has 0 spiro atoms. The Morgan fingerprint density at radius 3 is 2.33 bits per heavy atom. The minimum Gasteiger partial charge on any atom is -0.376 e. The summed E-state index contributed by atoms with van der Waals surface area (Å²) in [6.45, 7) is 2.19. The standard InChI is InChI=1S/C16H17N3O2/c1-12(20)14-2-4-15(5-3-14)18-11-16(21)19-10-13-6-8-17-9-7-13/h2-9,18H,10-11H2,1H3,(H,19,21). The number of amides is 1. The van der Waals surface area contributed by atoms with Crippen LogP contribution in [0.5, 0.6) is 0 Å². The van der Waals surface area contributed by atoms with Crippen molar-refractivity contribution in [2.45, 2.75) is 13.5 Å². The van der Waals surface area contributed by atoms with Gasteiger partial charge >= 0.3 is 0 Å². The average molecular weight is 283 g/mol. The van der Waals surface area contributed by atoms with Crippen LogP contribution in [0.25, 0.3) is 0 Å². The SMILES string of the molecule is CC(=O)c1ccc(NCC(=O)NCc2ccncc2)cc1. The van der Waals surface area contributed by atoms with Crippen molar-refractivity contribution >= 4 is 17.4 Å². The minimum absolute atomic E-state index is 0.0247. The smallest absolute Gasteiger partial charge is 0.239 e. The molecule has 0 atom stereocenters. The van der Waals surface area contributed by atoms with E-state index in [1.807, 2.05) is 12.1 Å². The Kier molecular flexibility index (Phi) is 5.04. The molecule has 5 nitrogen and oxygen atoms in total. The first-order chi connectivity index (χ1) is 10.1. The van der Waals surface area contributed by atoms with Crippen LogP contribution in [0.15, 0.2) is 48.8 Å². The second-order valence-corrected chi connectivity index (χ2v) is 4.62. The van der Waals surface area contributed by atoms with Crippen LogP contribution in [0, 0.1) is 0 Å². The Labute approximate surface area is 123 Å². The number of anilines is 1. The number of ketones is 1. The zero-order chi connectivity index (χ0) is 15.1. The van der Waals surface area contributed by atoms with E-state index < -0.39 is 0 Å². The highest BCUT2D eigenvalue weighted by Crippen LogP contribution is 2.09. The number of hydrogen-bond acceptors (Lipinski definition) is 4. The van der Waals surface area contributed by atoms with Gasteiger partial charge in [0.2, 0.25) is 5.91 Å². The third-order valence-corrected chi connectivity index (χ3v) is 2.98. The molecule has 1 heterocycles. The van der Waals surface area contributed by atoms with E-state index >= 15 is 0 Å². The van der Waals surface area contributed by atoms with Gasteiger partial charge in [-0.15, -0.1) is 0 Å². The van der Waals surface area contributed by atoms with E-state index in [0.29, 0.717) is 12.1 Å². The van der Waals surface area contributed by atoms with Crippen molar-refractivity contribution in [2.24, 2.45) is 0 Å². The molecule has 0 aliphatic heterocycles. The molecule has 0 radical (unpaired) electrons. The third-order valence-electron chi connectivity index (χ3n) is 2.98. The summed E-state index contributed by atoms with van der Waals surface area (Å²) in [5, 5.41) is 5.83. The highest BCUT2D eigenvalue weighted by Gasteiger charge is 2.02. The fraction of sp³-hybridized carbons (Fsp3) is 0.188. The van der Waals surface area contributed by atoms with Crippen LogP contribution in [-0.4, -0.2) is 23.2 Å². The van der Waals surface area contributed by atoms with Crippen molar-refractivity contribution in [2.75, 3.05) is 11.9 Å². The zero-order valence-electron chi connectivity index (χ0n) is 11.8. The zero-order valence-corrected chi connectivity index (χ0v) is 11.8. The lowest BCUT2D eigenvalue weighted by Crippen LogP contribution is -2.29. The van der Waals surface area contributed by atoms with Gasteiger partial charge in [0, 0.05) is 30.2 Å². The third kappa shape index (κ3) is 4.72. The quantitative estimate of drug-likeness (QED) is 0.796. The van der Waals surface area contributed by atoms with Crippen molar-refractivity contribution in [3.63, 3.8) is 0 Å². The van der Waals surface area contributed by atoms with Gasteiger partial charge in [0.25, 0.3) is 0 Å². The van der Waals surface area contributed by atoms with Gasteiger partial charge in [-0.2, -0.15) is 0 Å². The molecule has 0 saturated carbocycles. The molecule has 108 valence electrons. The van der Waals surface area contributed by atoms with E-state index in [2.05, 4.69) is 15.6 Å². The summed E-state index contributed by atoms with van der Waals surface area (Å²) >= 11 is 0. The van der Waals surface area contributed by atoms with Crippen LogP contribution in [0.4, 0.5) is 5.69 Å². The Bertz CT molecular complexity index is 609. The van der Waals surface area contributed by atoms with Gasteiger partial charge in [0.1, 0.15) is 0 Å². The van der Waals surface area contributed by atoms with Gasteiger partial charge in [-0.3, -0.25) is 14.6 Å². The van der Waals surface area contributed by atoms with Crippen LogP contribution in [0.1, 0.15) is 22.8 Å². The number of aromatic nitrogens is 1. The molecule has 2 N–H and O–H groups in total. The van der Waals surface area contributed by atoms with Gasteiger partial charge in [-0.25, -0.2) is 0 Å². The number of Topliss-reactive ketones (excluding diaryl/α,β-unsaturated/α-hetero) is 1. The number of nitrogens with one attached hydrogen (secondary N) is 2. The monoisotopic (exact) mass is 283 g/mol. The topological polar surface area (TPSA) is 71.1 Å². The molecule has 0 aliphatic carbocycles. The maximum Gasteiger partial charge on any atom is 0.239 e. The molecule has 1 aromatic heterocycles. The van der Waals surface area contributed by atoms with Gasteiger partial charge in [0.15, 0.2) is 5.78 Å². The molecule has 1 aromatic carbocycles. The van der Waals surface area contributed by atoms with E-state index in [9.17, 15) is 9.59 Å². The molecule has 2 aromatic rings. The molecule has 1 amide bonds. The molecule has 0 bridgehead atoms. The van der Waals surface area contributed by atoms with Gasteiger partial charge in [0.05, 0.1) is 6.54 Å². The highest BCUT2D eigenvalue weighted by atomic mass is 16.1. The summed E-state index contributed by atoms with van der Waals surface area (Å²) < 4.78 is 0. The Hall–Kier alpha value is -2.69. The van der Waals surface area contributed by atoms with Gasteiger partial charge in [-0.1, -0.05) is 0 Å². The van der Waals surface area contributed by atoms with Crippen LogP contribution < -0.4 is 10.6 Å². The maximum absolute atomic E-state index is 11.7. The minimum atomic E-state index is -0.0949. The predicted octanol–water partition coefficient (Wildman–Crippen LogP) is 2.01. The summed E-state index contributed by atoms with van der Waals surface area (Å²) in [5.74, 6) is -0.0703. The van der Waals surface area contributed by atoms with Crippen LogP contribution in [0.2, 0.25) is 0 Å². The first kappa shape index (κ1) is 14.7. The fourth-order valence-corrected chi connectivity index (χ4v) is 1.77. The number of rotatable bonds is 6. The molecule has 0 fully saturated rings. The van der Waals surface area contributed by atoms with Crippen molar-refractivity contribution in [3.8, 4) is 0 Å². The fourth-order valence-electron chi connectivity index (χ4n) is 1.77. The first-order valence-corrected chi connectivity index (χ1v) is 6.65. The summed E-state index contributed by atoms with van der Waals surface area (Å²) in [5.41, 5.74) is 2.46. The molecule has 0 saturated heterocycles. The normalized spacial score (nSPS) is 9.95. The molecule has 5 heteroatoms. The first-order valence-electron chi connectivity index (χ1n) is 6.65. The molecular weight excluding hydrogens is 266 g/mol. The molecule has 0 aliphatic rings. The van der Waals surface area contributed by atoms with E-state index in [4.69, 9.17) is 0 Å². The van der Waals surface area contributed by atoms with Crippen molar-refractivity contribution < 1.29 is 9.59 Å². The second kappa shape index (κ2) is 7.19. The number of nitrogens with zero attached hydrogens (tertiary/aromatic N) is 1. The lowest BCUT2D eigenvalue weighted by atomic mass is 10.1. The molecule has 21 heavy (non-hydrogen) atoms. The van der Waals surface area contributed by atoms with Crippen molar-refractivity contribution in [3.05, 3.63) is 59.9 Å². The number of carbonyl (C=O) groups excluding carboxylic acids is 2. The Balaban J connectivity index is 1.77. The summed E-state index contributed by atoms with van der Waals surface area (Å²) in [6, 6.07) is 10.8. The van der Waals surface area contributed by atoms with E-state index in [1.54, 1.807) is 36.7 Å². The maximum atomic E-state index is 11.7. The van der Waals surface area contributed by atoms with Crippen LogP contribution >= 0.6 is 0 Å². The lowest BCUT2D eigenvalue weighted by molar-refractivity contribution is -0.119. The number of benzene rings is 1. The molecule has 2 rings (SSSR count). The molecular formula is C16H17N3O2. The molecule has 0 unspecified atom stereocenters. The summed E-state index contributed by atoms with van der Waals surface area (Å²) in [6.07, 6.45) is 3.38. The van der Waals surface area contributed by atoms with Crippen molar-refractivity contribution in [1.29, 1.82) is 0 Å². The average Bonchev–Trinajstić information content (AvgIpc) is 2.52. The number of hydrogen-bond donors (Lipinski definition) is 2. The van der Waals surface area contributed by atoms with Crippen LogP contribution in [-0.2, 0) is 11.3 Å². The van der Waals surface area contributed by atoms with Gasteiger partial charge < -0.3 is 10.6 Å². The summed E-state index contributed by atoms with van der Waals surface area (Å²) in [7, 11) is 0. The van der Waals surface area contributed by atoms with Crippen molar-refractivity contribution in [1.82, 2.24) is 10.3 Å².